The van der Waals surface area contributed by atoms with Gasteiger partial charge in [-0.05, 0) is 68.2 Å². The number of aromatic nitrogens is 4. The van der Waals surface area contributed by atoms with E-state index >= 15 is 0 Å². The van der Waals surface area contributed by atoms with Crippen molar-refractivity contribution in [2.75, 3.05) is 26.4 Å². The van der Waals surface area contributed by atoms with Crippen LogP contribution >= 0.6 is 0 Å². The highest BCUT2D eigenvalue weighted by Gasteiger charge is 2.33. The molecule has 0 bridgehead atoms. The molecule has 2 aromatic carbocycles. The zero-order valence-corrected chi connectivity index (χ0v) is 23.2. The van der Waals surface area contributed by atoms with Crippen LogP contribution in [0.25, 0.3) is 22.2 Å². The Bertz CT molecular complexity index is 1440. The lowest BCUT2D eigenvalue weighted by molar-refractivity contribution is -0.0365. The maximum Gasteiger partial charge on any atom is 0.407 e. The van der Waals surface area contributed by atoms with Gasteiger partial charge in [0.25, 0.3) is 0 Å². The first-order valence-electron chi connectivity index (χ1n) is 14.6. The molecule has 2 N–H and O–H groups in total. The van der Waals surface area contributed by atoms with E-state index in [1.165, 1.54) is 0 Å². The fourth-order valence-corrected chi connectivity index (χ4v) is 5.36. The number of ether oxygens (including phenoxy) is 3. The smallest absolute Gasteiger partial charge is 0.407 e. The number of fused-ring (bicyclic) bond motifs is 1. The molecule has 3 heterocycles. The lowest BCUT2D eigenvalue weighted by Crippen LogP contribution is -2.26. The molecule has 1 amide bonds. The molecule has 2 aromatic heterocycles. The van der Waals surface area contributed by atoms with E-state index in [0.29, 0.717) is 25.5 Å². The van der Waals surface area contributed by atoms with Crippen molar-refractivity contribution in [3.8, 4) is 17.0 Å². The molecule has 4 aromatic rings. The molecule has 6 rings (SSSR count). The van der Waals surface area contributed by atoms with Gasteiger partial charge in [0.05, 0.1) is 31.0 Å². The van der Waals surface area contributed by atoms with E-state index in [4.69, 9.17) is 19.3 Å². The predicted octanol–water partition coefficient (Wildman–Crippen LogP) is 5.24. The van der Waals surface area contributed by atoms with Gasteiger partial charge in [-0.15, -0.1) is 0 Å². The van der Waals surface area contributed by atoms with E-state index in [1.54, 1.807) is 0 Å². The maximum absolute atomic E-state index is 12.0. The Morgan fingerprint density at radius 1 is 1.15 bits per heavy atom. The quantitative estimate of drug-likeness (QED) is 0.228. The summed E-state index contributed by atoms with van der Waals surface area (Å²) in [4.78, 5) is 12.0. The van der Waals surface area contributed by atoms with Crippen molar-refractivity contribution in [3.63, 3.8) is 0 Å². The molecule has 1 aliphatic carbocycles. The van der Waals surface area contributed by atoms with Gasteiger partial charge in [0.15, 0.2) is 6.23 Å². The van der Waals surface area contributed by atoms with Crippen LogP contribution < -0.4 is 10.1 Å². The molecular formula is C31H37N5O5. The third-order valence-corrected chi connectivity index (χ3v) is 7.75. The van der Waals surface area contributed by atoms with Crippen LogP contribution in [0.15, 0.2) is 60.9 Å². The minimum absolute atomic E-state index is 0.00176. The molecule has 10 heteroatoms. The maximum atomic E-state index is 12.0. The minimum Gasteiger partial charge on any atom is -0.494 e. The van der Waals surface area contributed by atoms with Crippen LogP contribution in [0.5, 0.6) is 5.75 Å². The molecular weight excluding hydrogens is 522 g/mol. The first-order chi connectivity index (χ1) is 20.2. The topological polar surface area (TPSA) is 113 Å². The second-order valence-electron chi connectivity index (χ2n) is 10.8. The van der Waals surface area contributed by atoms with E-state index in [1.807, 2.05) is 70.3 Å². The van der Waals surface area contributed by atoms with Crippen LogP contribution in [0.2, 0.25) is 0 Å². The van der Waals surface area contributed by atoms with Gasteiger partial charge in [-0.3, -0.25) is 4.68 Å². The molecule has 10 nitrogen and oxygen atoms in total. The number of aliphatic hydroxyl groups is 1. The summed E-state index contributed by atoms with van der Waals surface area (Å²) < 4.78 is 21.3. The zero-order valence-electron chi connectivity index (χ0n) is 23.2. The highest BCUT2D eigenvalue weighted by Crippen LogP contribution is 2.40. The number of carbonyl (C=O) groups excluding carboxylic acids is 1. The highest BCUT2D eigenvalue weighted by molar-refractivity contribution is 5.94. The van der Waals surface area contributed by atoms with Crippen LogP contribution in [-0.4, -0.2) is 57.1 Å². The first-order valence-corrected chi connectivity index (χ1v) is 14.6. The van der Waals surface area contributed by atoms with Gasteiger partial charge in [0.1, 0.15) is 18.1 Å². The van der Waals surface area contributed by atoms with Crippen LogP contribution in [0.4, 0.5) is 4.79 Å². The fraction of sp³-hybridized carbons (Fsp3) is 0.452. The summed E-state index contributed by atoms with van der Waals surface area (Å²) in [7, 11) is 0. The number of hydrogen-bond acceptors (Lipinski definition) is 7. The Morgan fingerprint density at radius 2 is 2.02 bits per heavy atom. The van der Waals surface area contributed by atoms with Crippen molar-refractivity contribution < 1.29 is 24.1 Å². The van der Waals surface area contributed by atoms with Gasteiger partial charge in [-0.2, -0.15) is 10.2 Å². The monoisotopic (exact) mass is 559 g/mol. The summed E-state index contributed by atoms with van der Waals surface area (Å²) >= 11 is 0. The van der Waals surface area contributed by atoms with Gasteiger partial charge in [0, 0.05) is 30.3 Å². The number of nitrogens with zero attached hydrogens (tertiary/aromatic N) is 4. The van der Waals surface area contributed by atoms with Crippen molar-refractivity contribution in [3.05, 3.63) is 66.5 Å². The number of hydrogen-bond donors (Lipinski definition) is 2. The Balaban J connectivity index is 1.12. The highest BCUT2D eigenvalue weighted by atomic mass is 16.5. The summed E-state index contributed by atoms with van der Waals surface area (Å²) in [5.41, 5.74) is 3.65. The van der Waals surface area contributed by atoms with Crippen LogP contribution in [0.3, 0.4) is 0 Å². The second kappa shape index (κ2) is 12.7. The van der Waals surface area contributed by atoms with Gasteiger partial charge in [-0.1, -0.05) is 30.3 Å². The molecule has 2 aliphatic rings. The van der Waals surface area contributed by atoms with Gasteiger partial charge in [0.2, 0.25) is 0 Å². The van der Waals surface area contributed by atoms with E-state index < -0.39 is 6.09 Å². The number of rotatable bonds is 12. The Labute approximate surface area is 239 Å². The molecule has 2 unspecified atom stereocenters. The molecule has 1 aliphatic heterocycles. The van der Waals surface area contributed by atoms with Gasteiger partial charge >= 0.3 is 6.09 Å². The molecule has 1 saturated carbocycles. The summed E-state index contributed by atoms with van der Waals surface area (Å²) in [5.74, 6) is 1.21. The number of amides is 1. The predicted molar refractivity (Wildman–Crippen MR) is 153 cm³/mol. The van der Waals surface area contributed by atoms with Crippen LogP contribution in [-0.2, 0) is 16.1 Å². The normalized spacial score (nSPS) is 17.8. The third-order valence-electron chi connectivity index (χ3n) is 7.75. The molecule has 0 radical (unpaired) electrons. The Kier molecular flexibility index (Phi) is 8.48. The standard InChI is InChI=1S/C31H37N5O5/c37-20-28(23-10-11-23)35-19-24(18-33-35)30-26-17-25(12-13-27(26)36(34-30)29-9-4-5-15-40-29)39-16-6-14-32-31(38)41-21-22-7-2-1-3-8-22/h1-3,7-8,12-13,17-19,23,28-29,37H,4-6,9-11,14-16,20-21H2,(H,32,38). The number of carbonyl (C=O) groups is 1. The summed E-state index contributed by atoms with van der Waals surface area (Å²) in [6, 6.07) is 15.6. The van der Waals surface area contributed by atoms with E-state index in [0.717, 1.165) is 72.2 Å². The number of aliphatic hydroxyl groups excluding tert-OH is 1. The van der Waals surface area contributed by atoms with Crippen LogP contribution in [0, 0.1) is 5.92 Å². The fourth-order valence-electron chi connectivity index (χ4n) is 5.36. The number of alkyl carbamates (subject to hydrolysis) is 1. The average Bonchev–Trinajstić information content (AvgIpc) is 3.61. The summed E-state index contributed by atoms with van der Waals surface area (Å²) in [6.45, 7) is 1.94. The average molecular weight is 560 g/mol. The van der Waals surface area contributed by atoms with Gasteiger partial charge in [-0.25, -0.2) is 9.48 Å². The first kappa shape index (κ1) is 27.3. The third kappa shape index (κ3) is 6.55. The summed E-state index contributed by atoms with van der Waals surface area (Å²) in [5, 5.41) is 23.3. The van der Waals surface area contributed by atoms with E-state index in [-0.39, 0.29) is 25.5 Å². The van der Waals surface area contributed by atoms with E-state index in [9.17, 15) is 9.90 Å². The van der Waals surface area contributed by atoms with E-state index in [2.05, 4.69) is 10.4 Å². The van der Waals surface area contributed by atoms with Crippen LogP contribution in [0.1, 0.15) is 56.4 Å². The lowest BCUT2D eigenvalue weighted by Gasteiger charge is -2.23. The van der Waals surface area contributed by atoms with Crippen molar-refractivity contribution in [1.82, 2.24) is 24.9 Å². The molecule has 41 heavy (non-hydrogen) atoms. The minimum atomic E-state index is -0.442. The Hall–Kier alpha value is -3.89. The zero-order chi connectivity index (χ0) is 28.0. The molecule has 2 fully saturated rings. The number of benzene rings is 2. The Morgan fingerprint density at radius 3 is 2.80 bits per heavy atom. The van der Waals surface area contributed by atoms with Crippen molar-refractivity contribution in [2.24, 2.45) is 5.92 Å². The molecule has 216 valence electrons. The van der Waals surface area contributed by atoms with Crippen molar-refractivity contribution >= 4 is 17.0 Å². The second-order valence-corrected chi connectivity index (χ2v) is 10.8. The SMILES string of the molecule is O=C(NCCCOc1ccc2c(c1)c(-c1cnn(C(CO)C3CC3)c1)nn2C1CCCCO1)OCc1ccccc1. The molecule has 1 saturated heterocycles. The molecule has 2 atom stereocenters. The van der Waals surface area contributed by atoms with Crippen molar-refractivity contribution in [2.45, 2.75) is 57.4 Å². The molecule has 0 spiro atoms. The van der Waals surface area contributed by atoms with Gasteiger partial charge < -0.3 is 24.6 Å². The summed E-state index contributed by atoms with van der Waals surface area (Å²) in [6.07, 6.45) is 9.25. The van der Waals surface area contributed by atoms with Crippen molar-refractivity contribution in [1.29, 1.82) is 0 Å². The lowest BCUT2D eigenvalue weighted by atomic mass is 10.1. The number of nitrogens with one attached hydrogen (secondary N) is 1. The largest absolute Gasteiger partial charge is 0.494 e.